The fourth-order valence-electron chi connectivity index (χ4n) is 2.18. The number of carbonyl (C=O) groups excluding carboxylic acids is 1. The first-order chi connectivity index (χ1) is 6.88. The van der Waals surface area contributed by atoms with Crippen LogP contribution < -0.4 is 42.4 Å². The maximum absolute atomic E-state index is 12.2. The minimum absolute atomic E-state index is 0.406. The molecule has 0 aromatic heterocycles. The molecule has 2 saturated heterocycles. The van der Waals surface area contributed by atoms with Crippen LogP contribution >= 0.6 is 0 Å². The molecule has 2 aliphatic rings. The van der Waals surface area contributed by atoms with E-state index in [2.05, 4.69) is 0 Å². The molecule has 0 radical (unpaired) electrons. The van der Waals surface area contributed by atoms with Gasteiger partial charge in [0.25, 0.3) is 0 Å². The van der Waals surface area contributed by atoms with E-state index in [0.29, 0.717) is 60.0 Å². The van der Waals surface area contributed by atoms with Crippen molar-refractivity contribution in [2.24, 2.45) is 11.8 Å². The Hall–Kier alpha value is 1.13. The van der Waals surface area contributed by atoms with Crippen molar-refractivity contribution in [3.63, 3.8) is 0 Å². The second-order valence-electron chi connectivity index (χ2n) is 4.15. The third-order valence-corrected chi connectivity index (χ3v) is 9.46. The van der Waals surface area contributed by atoms with Gasteiger partial charge in [0.1, 0.15) is 0 Å². The van der Waals surface area contributed by atoms with Crippen molar-refractivity contribution < 1.29 is 47.2 Å². The number of ketones is 1. The van der Waals surface area contributed by atoms with E-state index in [1.807, 2.05) is 0 Å². The number of alkyl halides is 4. The summed E-state index contributed by atoms with van der Waals surface area (Å²) in [5.41, 5.74) is 0. The number of carbonyl (C=O) groups is 1. The standard InChI is InChI=1S/C11H18I2O/c14-11(9-3-1-5-12-7-9)10-4-2-6-13-8-10/h9-10H,1-8H2/q-2. The van der Waals surface area contributed by atoms with Crippen LogP contribution in [0.25, 0.3) is 0 Å². The summed E-state index contributed by atoms with van der Waals surface area (Å²) in [6, 6.07) is 0. The predicted octanol–water partition coefficient (Wildman–Crippen LogP) is -4.45. The summed E-state index contributed by atoms with van der Waals surface area (Å²) in [5.74, 6) is 1.72. The second-order valence-corrected chi connectivity index (χ2v) is 10.2. The zero-order valence-corrected chi connectivity index (χ0v) is 12.8. The van der Waals surface area contributed by atoms with E-state index >= 15 is 0 Å². The molecule has 0 aliphatic carbocycles. The van der Waals surface area contributed by atoms with Gasteiger partial charge < -0.3 is 0 Å². The quantitative estimate of drug-likeness (QED) is 0.326. The third-order valence-electron chi connectivity index (χ3n) is 3.04. The van der Waals surface area contributed by atoms with E-state index < -0.39 is 0 Å². The van der Waals surface area contributed by atoms with E-state index in [9.17, 15) is 4.79 Å². The van der Waals surface area contributed by atoms with Gasteiger partial charge in [0.15, 0.2) is 0 Å². The van der Waals surface area contributed by atoms with Crippen molar-refractivity contribution in [1.82, 2.24) is 0 Å². The van der Waals surface area contributed by atoms with Crippen LogP contribution in [-0.2, 0) is 4.79 Å². The van der Waals surface area contributed by atoms with Crippen molar-refractivity contribution in [1.29, 1.82) is 0 Å². The molecule has 84 valence electrons. The SMILES string of the molecule is O=C(C1CCC[I-]C1)C1CCC[I-]C1. The number of hydrogen-bond donors (Lipinski definition) is 0. The molecule has 0 N–H and O–H groups in total. The first-order valence-corrected chi connectivity index (χ1v) is 11.6. The molecule has 3 heteroatoms. The third kappa shape index (κ3) is 3.06. The summed E-state index contributed by atoms with van der Waals surface area (Å²) in [4.78, 5) is 12.2. The topological polar surface area (TPSA) is 17.1 Å². The molecule has 14 heavy (non-hydrogen) atoms. The average molecular weight is 420 g/mol. The molecule has 2 rings (SSSR count). The van der Waals surface area contributed by atoms with Gasteiger partial charge in [0, 0.05) is 0 Å². The summed E-state index contributed by atoms with van der Waals surface area (Å²) in [5, 5.41) is 0. The molecule has 2 unspecified atom stereocenters. The summed E-state index contributed by atoms with van der Waals surface area (Å²) < 4.78 is 5.57. The van der Waals surface area contributed by atoms with Crippen molar-refractivity contribution >= 4 is 5.78 Å². The van der Waals surface area contributed by atoms with Crippen molar-refractivity contribution in [3.8, 4) is 0 Å². The first kappa shape index (κ1) is 11.6. The van der Waals surface area contributed by atoms with Crippen molar-refractivity contribution in [2.45, 2.75) is 25.7 Å². The van der Waals surface area contributed by atoms with Crippen molar-refractivity contribution in [2.75, 3.05) is 17.7 Å². The van der Waals surface area contributed by atoms with Gasteiger partial charge in [0.2, 0.25) is 0 Å². The molecule has 0 bridgehead atoms. The zero-order chi connectivity index (χ0) is 9.80. The fraction of sp³-hybridized carbons (Fsp3) is 0.909. The molecular weight excluding hydrogens is 402 g/mol. The van der Waals surface area contributed by atoms with Crippen LogP contribution in [-0.4, -0.2) is 23.5 Å². The molecule has 1 nitrogen and oxygen atoms in total. The van der Waals surface area contributed by atoms with E-state index in [1.165, 1.54) is 43.4 Å². The fourth-order valence-corrected chi connectivity index (χ4v) is 8.27. The van der Waals surface area contributed by atoms with Crippen LogP contribution in [0.3, 0.4) is 0 Å². The molecular formula is C11H18I2O-2. The number of hydrogen-bond acceptors (Lipinski definition) is 1. The van der Waals surface area contributed by atoms with Gasteiger partial charge in [0.05, 0.1) is 0 Å². The molecule has 0 aromatic rings. The van der Waals surface area contributed by atoms with Gasteiger partial charge in [-0.1, -0.05) is 0 Å². The van der Waals surface area contributed by atoms with Crippen LogP contribution in [0, 0.1) is 11.8 Å². The summed E-state index contributed by atoms with van der Waals surface area (Å²) in [7, 11) is 0. The van der Waals surface area contributed by atoms with Crippen molar-refractivity contribution in [3.05, 3.63) is 0 Å². The Morgan fingerprint density at radius 2 is 1.43 bits per heavy atom. The van der Waals surface area contributed by atoms with Crippen LogP contribution in [0.1, 0.15) is 25.7 Å². The summed E-state index contributed by atoms with van der Waals surface area (Å²) in [6.07, 6.45) is 5.16. The monoisotopic (exact) mass is 420 g/mol. The van der Waals surface area contributed by atoms with Gasteiger partial charge >= 0.3 is 108 Å². The normalized spacial score (nSPS) is 35.1. The Morgan fingerprint density at radius 1 is 0.929 bits per heavy atom. The van der Waals surface area contributed by atoms with Gasteiger partial charge in [-0.2, -0.15) is 0 Å². The zero-order valence-electron chi connectivity index (χ0n) is 8.48. The van der Waals surface area contributed by atoms with E-state index in [0.717, 1.165) is 0 Å². The Kier molecular flexibility index (Phi) is 4.99. The molecule has 0 saturated carbocycles. The first-order valence-electron chi connectivity index (χ1n) is 5.48. The predicted molar refractivity (Wildman–Crippen MR) is 49.9 cm³/mol. The molecule has 0 aromatic carbocycles. The molecule has 2 heterocycles. The van der Waals surface area contributed by atoms with Gasteiger partial charge in [-0.05, 0) is 0 Å². The molecule has 2 fully saturated rings. The Morgan fingerprint density at radius 3 is 1.79 bits per heavy atom. The van der Waals surface area contributed by atoms with Crippen LogP contribution in [0.2, 0.25) is 0 Å². The van der Waals surface area contributed by atoms with E-state index in [-0.39, 0.29) is 0 Å². The summed E-state index contributed by atoms with van der Waals surface area (Å²) >= 11 is 0.813. The van der Waals surface area contributed by atoms with E-state index in [4.69, 9.17) is 0 Å². The molecule has 0 spiro atoms. The maximum atomic E-state index is 12.2. The number of halogens is 2. The number of rotatable bonds is 2. The minimum atomic E-state index is 0.406. The molecule has 2 aliphatic heterocycles. The van der Waals surface area contributed by atoms with Gasteiger partial charge in [-0.25, -0.2) is 0 Å². The van der Waals surface area contributed by atoms with Gasteiger partial charge in [-0.15, -0.1) is 0 Å². The number of Topliss-reactive ketones (excluding diaryl/α,β-unsaturated/α-hetero) is 1. The van der Waals surface area contributed by atoms with Crippen LogP contribution in [0.15, 0.2) is 0 Å². The van der Waals surface area contributed by atoms with Crippen LogP contribution in [0.4, 0.5) is 0 Å². The van der Waals surface area contributed by atoms with E-state index in [1.54, 1.807) is 0 Å². The average Bonchev–Trinajstić information content (AvgIpc) is 2.30. The molecule has 2 atom stereocenters. The second kappa shape index (κ2) is 6.01. The Balaban J connectivity index is 1.85. The summed E-state index contributed by atoms with van der Waals surface area (Å²) in [6.45, 7) is 0. The van der Waals surface area contributed by atoms with Crippen LogP contribution in [0.5, 0.6) is 0 Å². The Labute approximate surface area is 107 Å². The molecule has 0 amide bonds. The van der Waals surface area contributed by atoms with Gasteiger partial charge in [-0.3, -0.25) is 0 Å². The Bertz CT molecular complexity index is 173.